The van der Waals surface area contributed by atoms with E-state index >= 15 is 0 Å². The fourth-order valence-corrected chi connectivity index (χ4v) is 2.07. The lowest BCUT2D eigenvalue weighted by molar-refractivity contribution is -0.139. The lowest BCUT2D eigenvalue weighted by Crippen LogP contribution is -2.33. The van der Waals surface area contributed by atoms with Crippen LogP contribution in [0.1, 0.15) is 23.6 Å². The molecular formula is C18H21NO3. The van der Waals surface area contributed by atoms with E-state index in [1.807, 2.05) is 42.5 Å². The Kier molecular flexibility index (Phi) is 5.55. The largest absolute Gasteiger partial charge is 0.489 e. The Morgan fingerprint density at radius 3 is 2.45 bits per heavy atom. The van der Waals surface area contributed by atoms with Gasteiger partial charge < -0.3 is 15.2 Å². The van der Waals surface area contributed by atoms with E-state index in [0.29, 0.717) is 13.2 Å². The van der Waals surface area contributed by atoms with Crippen molar-refractivity contribution in [2.24, 2.45) is 0 Å². The molecule has 0 saturated heterocycles. The molecule has 4 heteroatoms. The molecule has 0 spiro atoms. The molecule has 2 aromatic rings. The van der Waals surface area contributed by atoms with Gasteiger partial charge in [0.05, 0.1) is 0 Å². The van der Waals surface area contributed by atoms with Crippen LogP contribution in [0.5, 0.6) is 5.75 Å². The van der Waals surface area contributed by atoms with Crippen LogP contribution >= 0.6 is 0 Å². The number of hydrogen-bond donors (Lipinski definition) is 2. The minimum Gasteiger partial charge on any atom is -0.489 e. The number of carbonyl (C=O) groups is 1. The summed E-state index contributed by atoms with van der Waals surface area (Å²) in [5.74, 6) is -0.0887. The van der Waals surface area contributed by atoms with Gasteiger partial charge in [-0.1, -0.05) is 42.5 Å². The number of ether oxygens (including phenoxy) is 1. The average molecular weight is 299 g/mol. The quantitative estimate of drug-likeness (QED) is 0.824. The van der Waals surface area contributed by atoms with Gasteiger partial charge in [-0.15, -0.1) is 0 Å². The van der Waals surface area contributed by atoms with Crippen molar-refractivity contribution in [3.8, 4) is 5.75 Å². The van der Waals surface area contributed by atoms with Gasteiger partial charge in [-0.2, -0.15) is 0 Å². The van der Waals surface area contributed by atoms with Crippen molar-refractivity contribution in [2.45, 2.75) is 33.0 Å². The second kappa shape index (κ2) is 7.61. The van der Waals surface area contributed by atoms with E-state index in [1.165, 1.54) is 5.56 Å². The van der Waals surface area contributed by atoms with Gasteiger partial charge in [-0.25, -0.2) is 0 Å². The third kappa shape index (κ3) is 4.33. The van der Waals surface area contributed by atoms with Gasteiger partial charge in [0.15, 0.2) is 0 Å². The molecule has 1 atom stereocenters. The van der Waals surface area contributed by atoms with Gasteiger partial charge in [0.25, 0.3) is 0 Å². The number of aryl methyl sites for hydroxylation is 1. The minimum atomic E-state index is -0.863. The summed E-state index contributed by atoms with van der Waals surface area (Å²) in [4.78, 5) is 10.9. The van der Waals surface area contributed by atoms with Gasteiger partial charge in [-0.05, 0) is 31.0 Å². The average Bonchev–Trinajstić information content (AvgIpc) is 2.52. The third-order valence-electron chi connectivity index (χ3n) is 3.59. The molecule has 0 unspecified atom stereocenters. The molecular weight excluding hydrogens is 278 g/mol. The van der Waals surface area contributed by atoms with Crippen LogP contribution in [0, 0.1) is 6.92 Å². The first-order valence-electron chi connectivity index (χ1n) is 7.29. The zero-order chi connectivity index (χ0) is 15.9. The number of hydrogen-bond acceptors (Lipinski definition) is 3. The Bertz CT molecular complexity index is 640. The van der Waals surface area contributed by atoms with E-state index in [0.717, 1.165) is 16.9 Å². The topological polar surface area (TPSA) is 58.6 Å². The molecule has 0 fully saturated rings. The zero-order valence-electron chi connectivity index (χ0n) is 12.9. The number of aliphatic carboxylic acids is 1. The van der Waals surface area contributed by atoms with Crippen molar-refractivity contribution in [3.63, 3.8) is 0 Å². The molecule has 116 valence electrons. The minimum absolute atomic E-state index is 0.456. The van der Waals surface area contributed by atoms with Crippen LogP contribution in [-0.2, 0) is 17.9 Å². The Hall–Kier alpha value is -2.33. The SMILES string of the molecule is Cc1ccccc1COc1ccccc1CN[C@@H](C)C(=O)O. The fourth-order valence-electron chi connectivity index (χ4n) is 2.07. The first-order valence-corrected chi connectivity index (χ1v) is 7.29. The molecule has 0 bridgehead atoms. The highest BCUT2D eigenvalue weighted by Gasteiger charge is 2.11. The van der Waals surface area contributed by atoms with Crippen LogP contribution in [-0.4, -0.2) is 17.1 Å². The lowest BCUT2D eigenvalue weighted by Gasteiger charge is -2.14. The highest BCUT2D eigenvalue weighted by molar-refractivity contribution is 5.72. The Labute approximate surface area is 130 Å². The van der Waals surface area contributed by atoms with Crippen molar-refractivity contribution >= 4 is 5.97 Å². The number of nitrogens with one attached hydrogen (secondary N) is 1. The first-order chi connectivity index (χ1) is 10.6. The summed E-state index contributed by atoms with van der Waals surface area (Å²) in [6, 6.07) is 15.2. The molecule has 0 radical (unpaired) electrons. The molecule has 4 nitrogen and oxygen atoms in total. The molecule has 0 aromatic heterocycles. The fraction of sp³-hybridized carbons (Fsp3) is 0.278. The van der Waals surface area contributed by atoms with Crippen molar-refractivity contribution in [3.05, 3.63) is 65.2 Å². The normalized spacial score (nSPS) is 11.9. The highest BCUT2D eigenvalue weighted by atomic mass is 16.5. The van der Waals surface area contributed by atoms with E-state index in [9.17, 15) is 4.79 Å². The molecule has 22 heavy (non-hydrogen) atoms. The monoisotopic (exact) mass is 299 g/mol. The van der Waals surface area contributed by atoms with Gasteiger partial charge in [-0.3, -0.25) is 4.79 Å². The Balaban J connectivity index is 2.02. The summed E-state index contributed by atoms with van der Waals surface area (Å²) in [6.07, 6.45) is 0. The van der Waals surface area contributed by atoms with Crippen molar-refractivity contribution < 1.29 is 14.6 Å². The summed E-state index contributed by atoms with van der Waals surface area (Å²) in [7, 11) is 0. The Morgan fingerprint density at radius 1 is 1.14 bits per heavy atom. The molecule has 0 aliphatic heterocycles. The maximum atomic E-state index is 10.9. The zero-order valence-corrected chi connectivity index (χ0v) is 12.9. The van der Waals surface area contributed by atoms with Crippen LogP contribution in [0.3, 0.4) is 0 Å². The standard InChI is InChI=1S/C18H21NO3/c1-13-7-3-4-9-16(13)12-22-17-10-6-5-8-15(17)11-19-14(2)18(20)21/h3-10,14,19H,11-12H2,1-2H3,(H,20,21)/t14-/m0/s1. The van der Waals surface area contributed by atoms with Crippen LogP contribution in [0.25, 0.3) is 0 Å². The second-order valence-corrected chi connectivity index (χ2v) is 5.26. The molecule has 2 rings (SSSR count). The number of carboxylic acid groups (broad SMARTS) is 1. The van der Waals surface area contributed by atoms with Crippen LogP contribution in [0.2, 0.25) is 0 Å². The first kappa shape index (κ1) is 16.0. The molecule has 2 aromatic carbocycles. The van der Waals surface area contributed by atoms with E-state index in [2.05, 4.69) is 18.3 Å². The van der Waals surface area contributed by atoms with Crippen molar-refractivity contribution in [1.82, 2.24) is 5.32 Å². The maximum Gasteiger partial charge on any atom is 0.320 e. The molecule has 2 N–H and O–H groups in total. The number of rotatable bonds is 7. The van der Waals surface area contributed by atoms with E-state index in [4.69, 9.17) is 9.84 Å². The van der Waals surface area contributed by atoms with Crippen molar-refractivity contribution in [1.29, 1.82) is 0 Å². The summed E-state index contributed by atoms with van der Waals surface area (Å²) < 4.78 is 5.91. The van der Waals surface area contributed by atoms with Crippen LogP contribution in [0.4, 0.5) is 0 Å². The number of carboxylic acids is 1. The van der Waals surface area contributed by atoms with Crippen molar-refractivity contribution in [2.75, 3.05) is 0 Å². The molecule has 0 aliphatic carbocycles. The molecule has 0 aliphatic rings. The highest BCUT2D eigenvalue weighted by Crippen LogP contribution is 2.20. The summed E-state index contributed by atoms with van der Waals surface area (Å²) in [6.45, 7) is 4.63. The summed E-state index contributed by atoms with van der Waals surface area (Å²) in [5.41, 5.74) is 3.28. The third-order valence-corrected chi connectivity index (χ3v) is 3.59. The lowest BCUT2D eigenvalue weighted by atomic mass is 10.1. The van der Waals surface area contributed by atoms with Gasteiger partial charge in [0.1, 0.15) is 18.4 Å². The smallest absolute Gasteiger partial charge is 0.320 e. The van der Waals surface area contributed by atoms with Gasteiger partial charge in [0.2, 0.25) is 0 Å². The van der Waals surface area contributed by atoms with E-state index in [-0.39, 0.29) is 0 Å². The Morgan fingerprint density at radius 2 is 1.77 bits per heavy atom. The van der Waals surface area contributed by atoms with E-state index in [1.54, 1.807) is 6.92 Å². The maximum absolute atomic E-state index is 10.9. The number of benzene rings is 2. The molecule has 0 heterocycles. The summed E-state index contributed by atoms with van der Waals surface area (Å²) in [5, 5.41) is 11.9. The predicted molar refractivity (Wildman–Crippen MR) is 85.9 cm³/mol. The predicted octanol–water partition coefficient (Wildman–Crippen LogP) is 3.14. The van der Waals surface area contributed by atoms with E-state index < -0.39 is 12.0 Å². The molecule has 0 saturated carbocycles. The molecule has 0 amide bonds. The van der Waals surface area contributed by atoms with Crippen LogP contribution in [0.15, 0.2) is 48.5 Å². The second-order valence-electron chi connectivity index (χ2n) is 5.26. The van der Waals surface area contributed by atoms with Gasteiger partial charge in [0, 0.05) is 12.1 Å². The van der Waals surface area contributed by atoms with Crippen LogP contribution < -0.4 is 10.1 Å². The summed E-state index contributed by atoms with van der Waals surface area (Å²) >= 11 is 0. The van der Waals surface area contributed by atoms with Gasteiger partial charge >= 0.3 is 5.97 Å². The number of para-hydroxylation sites is 1.